The van der Waals surface area contributed by atoms with Crippen LogP contribution in [0, 0.1) is 0 Å². The summed E-state index contributed by atoms with van der Waals surface area (Å²) >= 11 is 0. The van der Waals surface area contributed by atoms with Crippen molar-refractivity contribution in [2.75, 3.05) is 13.6 Å². The first-order chi connectivity index (χ1) is 4.22. The predicted octanol–water partition coefficient (Wildman–Crippen LogP) is -1.59. The molecule has 0 saturated heterocycles. The SMILES string of the molecule is CN[C@@H](CCN)C(N)=O. The molecule has 9 heavy (non-hydrogen) atoms. The van der Waals surface area contributed by atoms with E-state index in [1.54, 1.807) is 7.05 Å². The maximum atomic E-state index is 10.4. The molecule has 4 heteroatoms. The van der Waals surface area contributed by atoms with Crippen LogP contribution < -0.4 is 16.8 Å². The molecule has 0 rings (SSSR count). The number of nitrogens with two attached hydrogens (primary N) is 2. The highest BCUT2D eigenvalue weighted by Gasteiger charge is 2.09. The Morgan fingerprint density at radius 1 is 1.78 bits per heavy atom. The Bertz CT molecular complexity index is 94.2. The molecule has 0 fully saturated rings. The van der Waals surface area contributed by atoms with Crippen molar-refractivity contribution in [1.82, 2.24) is 5.32 Å². The molecule has 0 aliphatic heterocycles. The highest BCUT2D eigenvalue weighted by atomic mass is 16.1. The molecular formula is C5H13N3O. The van der Waals surface area contributed by atoms with Crippen LogP contribution in [0.25, 0.3) is 0 Å². The molecule has 0 unspecified atom stereocenters. The van der Waals surface area contributed by atoms with E-state index in [2.05, 4.69) is 5.32 Å². The Morgan fingerprint density at radius 3 is 2.44 bits per heavy atom. The van der Waals surface area contributed by atoms with E-state index in [1.165, 1.54) is 0 Å². The number of amides is 1. The average molecular weight is 131 g/mol. The van der Waals surface area contributed by atoms with Crippen LogP contribution >= 0.6 is 0 Å². The van der Waals surface area contributed by atoms with Gasteiger partial charge in [-0.1, -0.05) is 0 Å². The molecule has 0 saturated carbocycles. The number of likely N-dealkylation sites (N-methyl/N-ethyl adjacent to an activating group) is 1. The molecular weight excluding hydrogens is 118 g/mol. The summed E-state index contributed by atoms with van der Waals surface area (Å²) < 4.78 is 0. The van der Waals surface area contributed by atoms with Crippen molar-refractivity contribution in [2.45, 2.75) is 12.5 Å². The number of hydrogen-bond acceptors (Lipinski definition) is 3. The van der Waals surface area contributed by atoms with Gasteiger partial charge in [-0.25, -0.2) is 0 Å². The Hall–Kier alpha value is -0.610. The molecule has 0 aromatic carbocycles. The smallest absolute Gasteiger partial charge is 0.234 e. The maximum absolute atomic E-state index is 10.4. The third-order valence-electron chi connectivity index (χ3n) is 1.15. The molecule has 0 aromatic rings. The van der Waals surface area contributed by atoms with Gasteiger partial charge in [0.2, 0.25) is 5.91 Å². The Labute approximate surface area is 54.6 Å². The van der Waals surface area contributed by atoms with Crippen LogP contribution in [0.3, 0.4) is 0 Å². The quantitative estimate of drug-likeness (QED) is 0.430. The first-order valence-electron chi connectivity index (χ1n) is 2.89. The van der Waals surface area contributed by atoms with Gasteiger partial charge in [0, 0.05) is 0 Å². The average Bonchev–Trinajstić information content (AvgIpc) is 1.82. The van der Waals surface area contributed by atoms with E-state index >= 15 is 0 Å². The van der Waals surface area contributed by atoms with Crippen LogP contribution in [0.2, 0.25) is 0 Å². The number of nitrogens with one attached hydrogen (secondary N) is 1. The molecule has 0 bridgehead atoms. The number of rotatable bonds is 4. The normalized spacial score (nSPS) is 13.1. The molecule has 4 nitrogen and oxygen atoms in total. The van der Waals surface area contributed by atoms with Gasteiger partial charge in [0.25, 0.3) is 0 Å². The van der Waals surface area contributed by atoms with Crippen molar-refractivity contribution >= 4 is 5.91 Å². The second kappa shape index (κ2) is 4.29. The molecule has 0 heterocycles. The fraction of sp³-hybridized carbons (Fsp3) is 0.800. The minimum Gasteiger partial charge on any atom is -0.368 e. The van der Waals surface area contributed by atoms with E-state index in [4.69, 9.17) is 11.5 Å². The number of carbonyl (C=O) groups excluding carboxylic acids is 1. The van der Waals surface area contributed by atoms with Crippen molar-refractivity contribution in [2.24, 2.45) is 11.5 Å². The first kappa shape index (κ1) is 8.39. The van der Waals surface area contributed by atoms with Crippen LogP contribution in [0.5, 0.6) is 0 Å². The lowest BCUT2D eigenvalue weighted by Gasteiger charge is -2.08. The Kier molecular flexibility index (Phi) is 4.00. The van der Waals surface area contributed by atoms with E-state index in [1.807, 2.05) is 0 Å². The third kappa shape index (κ3) is 3.05. The van der Waals surface area contributed by atoms with Crippen molar-refractivity contribution < 1.29 is 4.79 Å². The van der Waals surface area contributed by atoms with Gasteiger partial charge in [-0.15, -0.1) is 0 Å². The van der Waals surface area contributed by atoms with E-state index in [-0.39, 0.29) is 11.9 Å². The molecule has 0 aliphatic carbocycles. The first-order valence-corrected chi connectivity index (χ1v) is 2.89. The van der Waals surface area contributed by atoms with Gasteiger partial charge in [-0.05, 0) is 20.0 Å². The van der Waals surface area contributed by atoms with E-state index in [9.17, 15) is 4.79 Å². The van der Waals surface area contributed by atoms with Gasteiger partial charge in [0.15, 0.2) is 0 Å². The summed E-state index contributed by atoms with van der Waals surface area (Å²) in [7, 11) is 1.69. The van der Waals surface area contributed by atoms with E-state index < -0.39 is 0 Å². The lowest BCUT2D eigenvalue weighted by molar-refractivity contribution is -0.120. The largest absolute Gasteiger partial charge is 0.368 e. The summed E-state index contributed by atoms with van der Waals surface area (Å²) in [5.74, 6) is -0.344. The van der Waals surface area contributed by atoms with Crippen LogP contribution in [-0.4, -0.2) is 25.5 Å². The molecule has 1 atom stereocenters. The minimum atomic E-state index is -0.344. The maximum Gasteiger partial charge on any atom is 0.234 e. The molecule has 54 valence electrons. The van der Waals surface area contributed by atoms with Crippen molar-refractivity contribution in [1.29, 1.82) is 0 Å². The van der Waals surface area contributed by atoms with Crippen molar-refractivity contribution in [3.63, 3.8) is 0 Å². The lowest BCUT2D eigenvalue weighted by Crippen LogP contribution is -2.40. The van der Waals surface area contributed by atoms with Gasteiger partial charge >= 0.3 is 0 Å². The standard InChI is InChI=1S/C5H13N3O/c1-8-4(2-3-6)5(7)9/h4,8H,2-3,6H2,1H3,(H2,7,9)/t4-/m0/s1. The van der Waals surface area contributed by atoms with Crippen LogP contribution in [0.4, 0.5) is 0 Å². The van der Waals surface area contributed by atoms with Crippen LogP contribution in [0.1, 0.15) is 6.42 Å². The molecule has 0 radical (unpaired) electrons. The lowest BCUT2D eigenvalue weighted by atomic mass is 10.2. The second-order valence-electron chi connectivity index (χ2n) is 1.82. The van der Waals surface area contributed by atoms with Gasteiger partial charge in [-0.2, -0.15) is 0 Å². The molecule has 0 aromatic heterocycles. The summed E-state index contributed by atoms with van der Waals surface area (Å²) in [6, 6.07) is -0.269. The Morgan fingerprint density at radius 2 is 2.33 bits per heavy atom. The van der Waals surface area contributed by atoms with Gasteiger partial charge in [0.05, 0.1) is 6.04 Å². The zero-order valence-corrected chi connectivity index (χ0v) is 5.55. The summed E-state index contributed by atoms with van der Waals surface area (Å²) in [5.41, 5.74) is 10.2. The third-order valence-corrected chi connectivity index (χ3v) is 1.15. The fourth-order valence-corrected chi connectivity index (χ4v) is 0.596. The van der Waals surface area contributed by atoms with Gasteiger partial charge in [0.1, 0.15) is 0 Å². The molecule has 0 aliphatic rings. The summed E-state index contributed by atoms with van der Waals surface area (Å²) in [6.07, 6.45) is 0.603. The summed E-state index contributed by atoms with van der Waals surface area (Å²) in [5, 5.41) is 2.75. The number of carbonyl (C=O) groups is 1. The molecule has 0 spiro atoms. The highest BCUT2D eigenvalue weighted by molar-refractivity contribution is 5.79. The highest BCUT2D eigenvalue weighted by Crippen LogP contribution is 1.84. The molecule has 1 amide bonds. The fourth-order valence-electron chi connectivity index (χ4n) is 0.596. The van der Waals surface area contributed by atoms with Crippen molar-refractivity contribution in [3.8, 4) is 0 Å². The predicted molar refractivity (Wildman–Crippen MR) is 35.7 cm³/mol. The second-order valence-corrected chi connectivity index (χ2v) is 1.82. The van der Waals surface area contributed by atoms with Gasteiger partial charge < -0.3 is 16.8 Å². The zero-order valence-electron chi connectivity index (χ0n) is 5.55. The number of hydrogen-bond donors (Lipinski definition) is 3. The summed E-state index contributed by atoms with van der Waals surface area (Å²) in [6.45, 7) is 0.481. The van der Waals surface area contributed by atoms with Gasteiger partial charge in [-0.3, -0.25) is 4.79 Å². The van der Waals surface area contributed by atoms with Crippen LogP contribution in [0.15, 0.2) is 0 Å². The van der Waals surface area contributed by atoms with E-state index in [0.29, 0.717) is 13.0 Å². The Balaban J connectivity index is 3.54. The number of primary amides is 1. The minimum absolute atomic E-state index is 0.269. The zero-order chi connectivity index (χ0) is 7.28. The summed E-state index contributed by atoms with van der Waals surface area (Å²) in [4.78, 5) is 10.4. The van der Waals surface area contributed by atoms with Crippen molar-refractivity contribution in [3.05, 3.63) is 0 Å². The topological polar surface area (TPSA) is 81.1 Å². The monoisotopic (exact) mass is 131 g/mol. The van der Waals surface area contributed by atoms with Crippen LogP contribution in [-0.2, 0) is 4.79 Å². The molecule has 5 N–H and O–H groups in total. The van der Waals surface area contributed by atoms with E-state index in [0.717, 1.165) is 0 Å².